The summed E-state index contributed by atoms with van der Waals surface area (Å²) in [5.41, 5.74) is 2.07. The van der Waals surface area contributed by atoms with Crippen LogP contribution < -0.4 is 9.64 Å². The van der Waals surface area contributed by atoms with Gasteiger partial charge in [-0.05, 0) is 55.8 Å². The van der Waals surface area contributed by atoms with Gasteiger partial charge in [-0.2, -0.15) is 0 Å². The van der Waals surface area contributed by atoms with E-state index in [0.29, 0.717) is 18.0 Å². The Morgan fingerprint density at radius 3 is 2.35 bits per heavy atom. The molecule has 1 aliphatic rings. The predicted molar refractivity (Wildman–Crippen MR) is 126 cm³/mol. The molecule has 1 saturated heterocycles. The lowest BCUT2D eigenvalue weighted by Gasteiger charge is -2.28. The zero-order chi connectivity index (χ0) is 24.2. The highest BCUT2D eigenvalue weighted by atomic mass is 19.1. The molecule has 1 aliphatic heterocycles. The van der Waals surface area contributed by atoms with Crippen LogP contribution in [0, 0.1) is 12.7 Å². The van der Waals surface area contributed by atoms with Gasteiger partial charge >= 0.3 is 0 Å². The molecule has 1 unspecified atom stereocenters. The van der Waals surface area contributed by atoms with Gasteiger partial charge in [-0.25, -0.2) is 9.29 Å². The zero-order valence-corrected chi connectivity index (χ0v) is 19.0. The largest absolute Gasteiger partial charge is 0.494 e. The third kappa shape index (κ3) is 4.69. The van der Waals surface area contributed by atoms with Gasteiger partial charge in [0.2, 0.25) is 5.91 Å². The van der Waals surface area contributed by atoms with E-state index >= 15 is 0 Å². The Morgan fingerprint density at radius 2 is 1.71 bits per heavy atom. The summed E-state index contributed by atoms with van der Waals surface area (Å²) in [6, 6.07) is 18.7. The fourth-order valence-corrected chi connectivity index (χ4v) is 3.99. The van der Waals surface area contributed by atoms with Crippen LogP contribution in [-0.2, 0) is 16.1 Å². The molecule has 34 heavy (non-hydrogen) atoms. The topological polar surface area (TPSA) is 66.9 Å². The highest BCUT2D eigenvalue weighted by molar-refractivity contribution is 6.23. The van der Waals surface area contributed by atoms with Crippen LogP contribution >= 0.6 is 0 Å². The second-order valence-electron chi connectivity index (χ2n) is 8.11. The minimum absolute atomic E-state index is 0.0637. The number of hydrogen-bond donors (Lipinski definition) is 0. The quantitative estimate of drug-likeness (QED) is 0.487. The summed E-state index contributed by atoms with van der Waals surface area (Å²) in [5, 5.41) is 0. The van der Waals surface area contributed by atoms with Gasteiger partial charge in [0.25, 0.3) is 11.8 Å². The summed E-state index contributed by atoms with van der Waals surface area (Å²) in [7, 11) is 0. The third-order valence-electron chi connectivity index (χ3n) is 5.74. The number of aryl methyl sites for hydroxylation is 1. The SMILES string of the molecule is CCOc1ccc(N2C(=O)CC(N(Cc3ccc(C)cc3)C(=O)c3ccccc3F)C2=O)cc1. The van der Waals surface area contributed by atoms with E-state index in [-0.39, 0.29) is 18.5 Å². The number of anilines is 1. The molecule has 6 nitrogen and oxygen atoms in total. The van der Waals surface area contributed by atoms with Gasteiger partial charge < -0.3 is 9.64 Å². The van der Waals surface area contributed by atoms with Crippen molar-refractivity contribution in [3.8, 4) is 5.75 Å². The molecule has 1 atom stereocenters. The molecule has 0 N–H and O–H groups in total. The molecule has 3 aromatic carbocycles. The summed E-state index contributed by atoms with van der Waals surface area (Å²) in [4.78, 5) is 42.1. The van der Waals surface area contributed by atoms with Crippen molar-refractivity contribution in [2.45, 2.75) is 32.9 Å². The average molecular weight is 461 g/mol. The Hall–Kier alpha value is -4.00. The first kappa shape index (κ1) is 23.2. The Kier molecular flexibility index (Phi) is 6.72. The van der Waals surface area contributed by atoms with E-state index in [1.807, 2.05) is 38.1 Å². The maximum absolute atomic E-state index is 14.5. The molecule has 1 fully saturated rings. The lowest BCUT2D eigenvalue weighted by Crippen LogP contribution is -2.45. The van der Waals surface area contributed by atoms with Gasteiger partial charge in [0.1, 0.15) is 17.6 Å². The Balaban J connectivity index is 1.67. The van der Waals surface area contributed by atoms with Gasteiger partial charge in [0.05, 0.1) is 24.3 Å². The fourth-order valence-electron chi connectivity index (χ4n) is 3.99. The number of rotatable bonds is 7. The second kappa shape index (κ2) is 9.87. The van der Waals surface area contributed by atoms with E-state index in [4.69, 9.17) is 4.74 Å². The van der Waals surface area contributed by atoms with Gasteiger partial charge in [-0.15, -0.1) is 0 Å². The minimum Gasteiger partial charge on any atom is -0.494 e. The van der Waals surface area contributed by atoms with Gasteiger partial charge in [-0.3, -0.25) is 14.4 Å². The number of benzene rings is 3. The predicted octanol–water partition coefficient (Wildman–Crippen LogP) is 4.51. The summed E-state index contributed by atoms with van der Waals surface area (Å²) in [6.45, 7) is 4.37. The minimum atomic E-state index is -1.05. The number of hydrogen-bond acceptors (Lipinski definition) is 4. The van der Waals surface area contributed by atoms with Crippen molar-refractivity contribution in [3.05, 3.63) is 95.3 Å². The molecule has 0 aromatic heterocycles. The van der Waals surface area contributed by atoms with Crippen LogP contribution in [0.2, 0.25) is 0 Å². The smallest absolute Gasteiger partial charge is 0.257 e. The van der Waals surface area contributed by atoms with Gasteiger partial charge in [-0.1, -0.05) is 42.0 Å². The normalized spacial score (nSPS) is 15.5. The van der Waals surface area contributed by atoms with E-state index in [0.717, 1.165) is 16.0 Å². The number of amides is 3. The highest BCUT2D eigenvalue weighted by Crippen LogP contribution is 2.29. The molecule has 3 aromatic rings. The zero-order valence-electron chi connectivity index (χ0n) is 19.0. The maximum atomic E-state index is 14.5. The first-order valence-corrected chi connectivity index (χ1v) is 11.1. The van der Waals surface area contributed by atoms with Crippen molar-refractivity contribution < 1.29 is 23.5 Å². The molecule has 7 heteroatoms. The van der Waals surface area contributed by atoms with Crippen LogP contribution in [0.4, 0.5) is 10.1 Å². The standard InChI is InChI=1S/C27H25FN2O4/c1-3-34-21-14-12-20(13-15-21)30-25(31)16-24(27(30)33)29(17-19-10-8-18(2)9-11-19)26(32)22-6-4-5-7-23(22)28/h4-15,24H,3,16-17H2,1-2H3. The van der Waals surface area contributed by atoms with Crippen LogP contribution in [-0.4, -0.2) is 35.3 Å². The fraction of sp³-hybridized carbons (Fsp3) is 0.222. The van der Waals surface area contributed by atoms with Crippen molar-refractivity contribution >= 4 is 23.4 Å². The first-order valence-electron chi connectivity index (χ1n) is 11.1. The van der Waals surface area contributed by atoms with Crippen molar-refractivity contribution in [1.29, 1.82) is 0 Å². The number of halogens is 1. The van der Waals surface area contributed by atoms with E-state index < -0.39 is 29.6 Å². The monoisotopic (exact) mass is 460 g/mol. The Labute approximate surface area is 197 Å². The number of nitrogens with zero attached hydrogens (tertiary/aromatic N) is 2. The van der Waals surface area contributed by atoms with Gasteiger partial charge in [0.15, 0.2) is 0 Å². The van der Waals surface area contributed by atoms with E-state index in [1.165, 1.54) is 23.1 Å². The van der Waals surface area contributed by atoms with Crippen LogP contribution in [0.25, 0.3) is 0 Å². The number of imide groups is 1. The molecular formula is C27H25FN2O4. The summed E-state index contributed by atoms with van der Waals surface area (Å²) >= 11 is 0. The second-order valence-corrected chi connectivity index (χ2v) is 8.11. The molecule has 0 aliphatic carbocycles. The lowest BCUT2D eigenvalue weighted by molar-refractivity contribution is -0.122. The van der Waals surface area contributed by atoms with Crippen LogP contribution in [0.3, 0.4) is 0 Å². The number of ether oxygens (including phenoxy) is 1. The summed E-state index contributed by atoms with van der Waals surface area (Å²) in [5.74, 6) is -1.64. The number of carbonyl (C=O) groups is 3. The third-order valence-corrected chi connectivity index (χ3v) is 5.74. The van der Waals surface area contributed by atoms with Crippen molar-refractivity contribution in [2.75, 3.05) is 11.5 Å². The molecule has 0 radical (unpaired) electrons. The summed E-state index contributed by atoms with van der Waals surface area (Å²) in [6.07, 6.45) is -0.182. The van der Waals surface area contributed by atoms with E-state index in [1.54, 1.807) is 30.3 Å². The van der Waals surface area contributed by atoms with E-state index in [2.05, 4.69) is 0 Å². The molecule has 0 bridgehead atoms. The molecule has 174 valence electrons. The maximum Gasteiger partial charge on any atom is 0.257 e. The average Bonchev–Trinajstić information content (AvgIpc) is 3.13. The molecule has 0 spiro atoms. The molecule has 4 rings (SSSR count). The van der Waals surface area contributed by atoms with Crippen LogP contribution in [0.15, 0.2) is 72.8 Å². The molecule has 0 saturated carbocycles. The highest BCUT2D eigenvalue weighted by Gasteiger charge is 2.44. The van der Waals surface area contributed by atoms with Crippen LogP contribution in [0.5, 0.6) is 5.75 Å². The van der Waals surface area contributed by atoms with Crippen molar-refractivity contribution in [3.63, 3.8) is 0 Å². The van der Waals surface area contributed by atoms with E-state index in [9.17, 15) is 18.8 Å². The summed E-state index contributed by atoms with van der Waals surface area (Å²) < 4.78 is 19.9. The molecule has 3 amide bonds. The molecular weight excluding hydrogens is 435 g/mol. The van der Waals surface area contributed by atoms with Crippen LogP contribution in [0.1, 0.15) is 34.8 Å². The Bertz CT molecular complexity index is 1210. The van der Waals surface area contributed by atoms with Crippen molar-refractivity contribution in [1.82, 2.24) is 4.90 Å². The number of carbonyl (C=O) groups excluding carboxylic acids is 3. The van der Waals surface area contributed by atoms with Crippen molar-refractivity contribution in [2.24, 2.45) is 0 Å². The lowest BCUT2D eigenvalue weighted by atomic mass is 10.1. The molecule has 1 heterocycles. The van der Waals surface area contributed by atoms with Gasteiger partial charge in [0, 0.05) is 6.54 Å². The Morgan fingerprint density at radius 1 is 1.03 bits per heavy atom. The first-order chi connectivity index (χ1) is 16.4.